The van der Waals surface area contributed by atoms with E-state index in [0.29, 0.717) is 66.8 Å². The first-order chi connectivity index (χ1) is 45.7. The van der Waals surface area contributed by atoms with E-state index in [-0.39, 0.29) is 141 Å². The zero-order valence-corrected chi connectivity index (χ0v) is 74.8. The SMILES string of the molecule is C1CCOC1.C1CCOC1.CC(C)(C)c1cc(C(c2cc(C(C)(C)C)cc(C(C)(C)C)c2[O-])c2cc(C(C)(C)C)cc(C(C)(C)C)c2[O-])c([O-])c(C(C)(C)C)c1.CC(C)(C)c1cc(C(c2cc(C(C)(C)C)cc(C(C)(C)C)c2[O-])c2cc(C(C)(C)C)cc(C(C)(C)C)c2[O-])c([O-])c(C(C)(C)C)c1.[Lu+3].[Lu+3]. The van der Waals surface area contributed by atoms with Crippen LogP contribution in [0.5, 0.6) is 34.5 Å². The van der Waals surface area contributed by atoms with Crippen molar-refractivity contribution < 1.29 is 114 Å². The summed E-state index contributed by atoms with van der Waals surface area (Å²) in [6, 6.07) is 24.2. The molecule has 2 aliphatic heterocycles. The molecule has 0 spiro atoms. The van der Waals surface area contributed by atoms with E-state index < -0.39 is 44.3 Å². The minimum absolute atomic E-state index is 0. The van der Waals surface area contributed by atoms with E-state index in [1.54, 1.807) is 0 Å². The van der Waals surface area contributed by atoms with Crippen LogP contribution in [0.3, 0.4) is 0 Å². The molecule has 2 saturated heterocycles. The number of rotatable bonds is 6. The molecule has 6 aromatic rings. The fraction of sp³-hybridized carbons (Fsp3) is 0.617. The van der Waals surface area contributed by atoms with Crippen LogP contribution in [-0.2, 0) is 74.5 Å². The summed E-state index contributed by atoms with van der Waals surface area (Å²) in [6.45, 7) is 79.7. The van der Waals surface area contributed by atoms with Gasteiger partial charge in [0.15, 0.2) is 0 Å². The topological polar surface area (TPSA) is 157 Å². The summed E-state index contributed by atoms with van der Waals surface area (Å²) < 4.78 is 9.89. The van der Waals surface area contributed by atoms with Crippen molar-refractivity contribution in [2.75, 3.05) is 26.4 Å². The van der Waals surface area contributed by atoms with E-state index >= 15 is 0 Å². The van der Waals surface area contributed by atoms with Crippen molar-refractivity contribution in [2.24, 2.45) is 0 Å². The second-order valence-electron chi connectivity index (χ2n) is 42.2. The van der Waals surface area contributed by atoms with Crippen LogP contribution in [-0.4, -0.2) is 26.4 Å². The molecule has 2 heterocycles. The summed E-state index contributed by atoms with van der Waals surface area (Å²) in [7, 11) is 0. The average molecular weight is 1750 g/mol. The largest absolute Gasteiger partial charge is 3.00 e. The van der Waals surface area contributed by atoms with Crippen LogP contribution >= 0.6 is 0 Å². The Balaban J connectivity index is 0.000000465. The van der Waals surface area contributed by atoms with Gasteiger partial charge in [-0.25, -0.2) is 0 Å². The van der Waals surface area contributed by atoms with Crippen molar-refractivity contribution in [1.29, 1.82) is 0 Å². The molecule has 10 heteroatoms. The molecule has 104 heavy (non-hydrogen) atoms. The van der Waals surface area contributed by atoms with E-state index in [1.807, 2.05) is 72.8 Å². The Kier molecular flexibility index (Phi) is 31.0. The smallest absolute Gasteiger partial charge is 0.872 e. The van der Waals surface area contributed by atoms with Gasteiger partial charge in [-0.2, -0.15) is 0 Å². The third kappa shape index (κ3) is 23.8. The molecule has 0 saturated carbocycles. The number of benzene rings is 6. The minimum Gasteiger partial charge on any atom is -0.872 e. The van der Waals surface area contributed by atoms with Gasteiger partial charge in [0.1, 0.15) is 0 Å². The fourth-order valence-corrected chi connectivity index (χ4v) is 13.2. The average Bonchev–Trinajstić information content (AvgIpc) is 0.822. The Morgan fingerprint density at radius 1 is 0.202 bits per heavy atom. The maximum absolute atomic E-state index is 14.8. The molecule has 0 aromatic heterocycles. The number of hydrogen-bond acceptors (Lipinski definition) is 8. The number of hydrogen-bond donors (Lipinski definition) is 0. The molecule has 2 aliphatic rings. The summed E-state index contributed by atoms with van der Waals surface area (Å²) in [5.41, 5.74) is 9.11. The molecule has 8 nitrogen and oxygen atoms in total. The first-order valence-electron chi connectivity index (χ1n) is 38.0. The minimum atomic E-state index is -0.831. The maximum Gasteiger partial charge on any atom is 3.00 e. The van der Waals surface area contributed by atoms with Gasteiger partial charge in [0.2, 0.25) is 0 Å². The second-order valence-corrected chi connectivity index (χ2v) is 42.2. The molecule has 0 atom stereocenters. The first kappa shape index (κ1) is 94.7. The molecule has 0 N–H and O–H groups in total. The monoisotopic (exact) mass is 1740 g/mol. The van der Waals surface area contributed by atoms with E-state index in [1.165, 1.54) is 25.7 Å². The molecule has 0 aliphatic carbocycles. The van der Waals surface area contributed by atoms with Crippen molar-refractivity contribution in [3.8, 4) is 34.5 Å². The van der Waals surface area contributed by atoms with E-state index in [9.17, 15) is 30.6 Å². The molecule has 0 radical (unpaired) electrons. The van der Waals surface area contributed by atoms with Gasteiger partial charge in [0.05, 0.1) is 0 Å². The summed E-state index contributed by atoms with van der Waals surface area (Å²) in [6.07, 6.45) is 5.11. The van der Waals surface area contributed by atoms with Crippen LogP contribution in [0.1, 0.15) is 387 Å². The van der Waals surface area contributed by atoms with Crippen molar-refractivity contribution in [1.82, 2.24) is 0 Å². The molecular formula is C94H138Lu2O8. The van der Waals surface area contributed by atoms with Crippen molar-refractivity contribution in [3.63, 3.8) is 0 Å². The predicted molar refractivity (Wildman–Crippen MR) is 422 cm³/mol. The summed E-state index contributed by atoms with van der Waals surface area (Å²) in [5, 5.41) is 89.0. The first-order valence-corrected chi connectivity index (χ1v) is 38.0. The Morgan fingerprint density at radius 3 is 0.394 bits per heavy atom. The molecule has 0 unspecified atom stereocenters. The van der Waals surface area contributed by atoms with E-state index in [4.69, 9.17) is 9.47 Å². The van der Waals surface area contributed by atoms with Crippen molar-refractivity contribution in [3.05, 3.63) is 173 Å². The molecule has 6 aromatic carbocycles. The van der Waals surface area contributed by atoms with Gasteiger partial charge in [-0.3, -0.25) is 0 Å². The second kappa shape index (κ2) is 34.0. The Morgan fingerprint density at radius 2 is 0.317 bits per heavy atom. The van der Waals surface area contributed by atoms with E-state index in [0.717, 1.165) is 59.8 Å². The van der Waals surface area contributed by atoms with Gasteiger partial charge in [0, 0.05) is 38.3 Å². The maximum atomic E-state index is 14.8. The van der Waals surface area contributed by atoms with Gasteiger partial charge in [-0.1, -0.05) is 322 Å². The molecule has 0 amide bonds. The van der Waals surface area contributed by atoms with E-state index in [2.05, 4.69) is 249 Å². The quantitative estimate of drug-likeness (QED) is 0.149. The molecular weight excluding hydrogens is 1610 g/mol. The molecule has 592 valence electrons. The van der Waals surface area contributed by atoms with Crippen LogP contribution in [0.15, 0.2) is 72.8 Å². The number of ether oxygens (including phenoxy) is 2. The normalized spacial score (nSPS) is 14.6. The third-order valence-corrected chi connectivity index (χ3v) is 20.3. The predicted octanol–water partition coefficient (Wildman–Crippen LogP) is 21.3. The van der Waals surface area contributed by atoms with Crippen LogP contribution < -0.4 is 30.6 Å². The zero-order chi connectivity index (χ0) is 78.6. The third-order valence-electron chi connectivity index (χ3n) is 20.3. The standard InChI is InChI=1S/2C43H64O3.2C4H8O.2Lu/c2*1-38(2,3)25-19-28(35(44)31(22-25)41(10,11)12)34(29-20-26(39(4,5)6)23-32(36(29)45)42(13,14)15)30-21-27(40(7,8)9)24-33(37(30)46)43(16,17)18;2*1-2-4-5-3-1;;/h2*19-24,34,44-46H,1-18H3;2*1-4H2;;/q;;;;2*+3/p-6. The Labute approximate surface area is 692 Å². The summed E-state index contributed by atoms with van der Waals surface area (Å²) >= 11 is 0. The van der Waals surface area contributed by atoms with Crippen LogP contribution in [0.2, 0.25) is 0 Å². The fourth-order valence-electron chi connectivity index (χ4n) is 13.2. The molecule has 0 bridgehead atoms. The van der Waals surface area contributed by atoms with Crippen LogP contribution in [0.25, 0.3) is 0 Å². The summed E-state index contributed by atoms with van der Waals surface area (Å²) in [4.78, 5) is 0. The molecule has 8 rings (SSSR count). The van der Waals surface area contributed by atoms with Gasteiger partial charge >= 0.3 is 73.7 Å². The Hall–Kier alpha value is -3.49. The van der Waals surface area contributed by atoms with Gasteiger partial charge in [-0.15, -0.1) is 34.5 Å². The van der Waals surface area contributed by atoms with Gasteiger partial charge in [-0.05, 0) is 191 Å². The van der Waals surface area contributed by atoms with Gasteiger partial charge in [0.25, 0.3) is 0 Å². The van der Waals surface area contributed by atoms with Crippen molar-refractivity contribution in [2.45, 2.75) is 352 Å². The van der Waals surface area contributed by atoms with Crippen LogP contribution in [0.4, 0.5) is 0 Å². The zero-order valence-electron chi connectivity index (χ0n) is 71.5. The van der Waals surface area contributed by atoms with Crippen LogP contribution in [0, 0.1) is 73.7 Å². The Bertz CT molecular complexity index is 3230. The van der Waals surface area contributed by atoms with Crippen molar-refractivity contribution >= 4 is 0 Å². The summed E-state index contributed by atoms with van der Waals surface area (Å²) in [5.74, 6) is -2.24. The van der Waals surface area contributed by atoms with Gasteiger partial charge < -0.3 is 40.1 Å². The molecule has 2 fully saturated rings.